The Kier molecular flexibility index (Phi) is 4.72. The van der Waals surface area contributed by atoms with Gasteiger partial charge in [0, 0.05) is 12.6 Å². The van der Waals surface area contributed by atoms with Gasteiger partial charge in [-0.1, -0.05) is 60.7 Å². The first-order valence-corrected chi connectivity index (χ1v) is 8.71. The SMILES string of the molecule is CC(C)N1CC[C@@H](C(C(N)=O)(c2ccccc2)c2ccccc2)C1. The molecule has 0 aromatic heterocycles. The number of benzene rings is 2. The Morgan fingerprint density at radius 2 is 1.54 bits per heavy atom. The van der Waals surface area contributed by atoms with Crippen molar-refractivity contribution in [2.45, 2.75) is 31.7 Å². The second-order valence-corrected chi connectivity index (χ2v) is 6.98. The predicted molar refractivity (Wildman–Crippen MR) is 97.7 cm³/mol. The molecule has 2 aromatic carbocycles. The maximum Gasteiger partial charge on any atom is 0.232 e. The number of nitrogens with two attached hydrogens (primary N) is 1. The largest absolute Gasteiger partial charge is 0.369 e. The number of likely N-dealkylation sites (tertiary alicyclic amines) is 1. The highest BCUT2D eigenvalue weighted by atomic mass is 16.1. The van der Waals surface area contributed by atoms with Crippen LogP contribution in [0.25, 0.3) is 0 Å². The number of primary amides is 1. The van der Waals surface area contributed by atoms with Crippen molar-refractivity contribution in [1.29, 1.82) is 0 Å². The van der Waals surface area contributed by atoms with Crippen LogP contribution in [-0.4, -0.2) is 29.9 Å². The van der Waals surface area contributed by atoms with Gasteiger partial charge in [-0.25, -0.2) is 0 Å². The van der Waals surface area contributed by atoms with E-state index in [4.69, 9.17) is 5.73 Å². The van der Waals surface area contributed by atoms with Gasteiger partial charge in [-0.05, 0) is 43.9 Å². The molecular weight excluding hydrogens is 296 g/mol. The maximum atomic E-state index is 12.9. The first-order chi connectivity index (χ1) is 11.6. The summed E-state index contributed by atoms with van der Waals surface area (Å²) in [6.07, 6.45) is 0.977. The van der Waals surface area contributed by atoms with Crippen LogP contribution >= 0.6 is 0 Å². The lowest BCUT2D eigenvalue weighted by molar-refractivity contribution is -0.123. The van der Waals surface area contributed by atoms with Gasteiger partial charge in [0.25, 0.3) is 0 Å². The average Bonchev–Trinajstić information content (AvgIpc) is 3.08. The molecule has 0 unspecified atom stereocenters. The highest BCUT2D eigenvalue weighted by Gasteiger charge is 2.49. The van der Waals surface area contributed by atoms with Gasteiger partial charge in [-0.2, -0.15) is 0 Å². The number of rotatable bonds is 5. The Hall–Kier alpha value is -2.13. The molecule has 1 heterocycles. The van der Waals surface area contributed by atoms with Crippen LogP contribution in [0.1, 0.15) is 31.4 Å². The topological polar surface area (TPSA) is 46.3 Å². The Labute approximate surface area is 144 Å². The van der Waals surface area contributed by atoms with Gasteiger partial charge in [0.15, 0.2) is 0 Å². The minimum atomic E-state index is -0.772. The molecule has 24 heavy (non-hydrogen) atoms. The molecule has 3 nitrogen and oxygen atoms in total. The van der Waals surface area contributed by atoms with Crippen molar-refractivity contribution in [2.24, 2.45) is 11.7 Å². The first-order valence-electron chi connectivity index (χ1n) is 8.71. The van der Waals surface area contributed by atoms with Crippen molar-refractivity contribution in [3.8, 4) is 0 Å². The number of hydrogen-bond acceptors (Lipinski definition) is 2. The lowest BCUT2D eigenvalue weighted by Crippen LogP contribution is -2.49. The van der Waals surface area contributed by atoms with Crippen molar-refractivity contribution in [3.05, 3.63) is 71.8 Å². The second-order valence-electron chi connectivity index (χ2n) is 6.98. The number of amides is 1. The normalized spacial score (nSPS) is 18.9. The molecule has 2 aromatic rings. The molecule has 0 radical (unpaired) electrons. The highest BCUT2D eigenvalue weighted by Crippen LogP contribution is 2.43. The summed E-state index contributed by atoms with van der Waals surface area (Å²) in [6, 6.07) is 20.6. The molecule has 126 valence electrons. The molecule has 1 atom stereocenters. The van der Waals surface area contributed by atoms with Gasteiger partial charge in [0.1, 0.15) is 5.41 Å². The molecule has 1 aliphatic rings. The van der Waals surface area contributed by atoms with E-state index < -0.39 is 5.41 Å². The summed E-state index contributed by atoms with van der Waals surface area (Å²) in [5, 5.41) is 0. The van der Waals surface area contributed by atoms with Crippen LogP contribution in [0.15, 0.2) is 60.7 Å². The zero-order chi connectivity index (χ0) is 17.2. The summed E-state index contributed by atoms with van der Waals surface area (Å²) in [5.74, 6) is -0.0716. The van der Waals surface area contributed by atoms with Crippen LogP contribution in [0.5, 0.6) is 0 Å². The van der Waals surface area contributed by atoms with Crippen LogP contribution in [-0.2, 0) is 10.2 Å². The van der Waals surface area contributed by atoms with Gasteiger partial charge < -0.3 is 10.6 Å². The molecule has 0 spiro atoms. The van der Waals surface area contributed by atoms with Gasteiger partial charge in [-0.15, -0.1) is 0 Å². The Morgan fingerprint density at radius 1 is 1.04 bits per heavy atom. The lowest BCUT2D eigenvalue weighted by Gasteiger charge is -2.38. The van der Waals surface area contributed by atoms with Gasteiger partial charge in [-0.3, -0.25) is 4.79 Å². The summed E-state index contributed by atoms with van der Waals surface area (Å²) >= 11 is 0. The maximum absolute atomic E-state index is 12.9. The van der Waals surface area contributed by atoms with Crippen LogP contribution in [0.4, 0.5) is 0 Å². The molecule has 1 fully saturated rings. The summed E-state index contributed by atoms with van der Waals surface area (Å²) in [4.78, 5) is 15.3. The Bertz CT molecular complexity index is 642. The summed E-state index contributed by atoms with van der Waals surface area (Å²) in [5.41, 5.74) is 7.31. The van der Waals surface area contributed by atoms with E-state index >= 15 is 0 Å². The van der Waals surface area contributed by atoms with E-state index in [1.54, 1.807) is 0 Å². The minimum absolute atomic E-state index is 0.183. The van der Waals surface area contributed by atoms with E-state index in [0.29, 0.717) is 6.04 Å². The molecule has 1 saturated heterocycles. The average molecular weight is 322 g/mol. The van der Waals surface area contributed by atoms with Crippen LogP contribution in [0.3, 0.4) is 0 Å². The molecule has 1 aliphatic heterocycles. The van der Waals surface area contributed by atoms with Crippen molar-refractivity contribution < 1.29 is 4.79 Å². The first kappa shape index (κ1) is 16.7. The number of hydrogen-bond donors (Lipinski definition) is 1. The van der Waals surface area contributed by atoms with Crippen molar-refractivity contribution >= 4 is 5.91 Å². The number of carbonyl (C=O) groups is 1. The third kappa shape index (κ3) is 2.73. The third-order valence-corrected chi connectivity index (χ3v) is 5.41. The lowest BCUT2D eigenvalue weighted by atomic mass is 9.64. The van der Waals surface area contributed by atoms with Crippen molar-refractivity contribution in [1.82, 2.24) is 4.90 Å². The Morgan fingerprint density at radius 3 is 1.92 bits per heavy atom. The summed E-state index contributed by atoms with van der Waals surface area (Å²) < 4.78 is 0. The minimum Gasteiger partial charge on any atom is -0.369 e. The molecule has 0 aliphatic carbocycles. The second kappa shape index (κ2) is 6.78. The fraction of sp³-hybridized carbons (Fsp3) is 0.381. The van der Waals surface area contributed by atoms with Gasteiger partial charge in [0.2, 0.25) is 5.91 Å². The fourth-order valence-electron chi connectivity index (χ4n) is 4.14. The monoisotopic (exact) mass is 322 g/mol. The zero-order valence-corrected chi connectivity index (χ0v) is 14.5. The van der Waals surface area contributed by atoms with Crippen molar-refractivity contribution in [3.63, 3.8) is 0 Å². The quantitative estimate of drug-likeness (QED) is 0.919. The Balaban J connectivity index is 2.15. The standard InChI is InChI=1S/C21H26N2O/c1-16(2)23-14-13-19(15-23)21(20(22)24,17-9-5-3-6-10-17)18-11-7-4-8-12-18/h3-12,16,19H,13-15H2,1-2H3,(H2,22,24)/t19-/m1/s1. The molecule has 1 amide bonds. The van der Waals surface area contributed by atoms with E-state index in [1.165, 1.54) is 0 Å². The van der Waals surface area contributed by atoms with Crippen LogP contribution < -0.4 is 5.73 Å². The molecule has 0 saturated carbocycles. The number of nitrogens with zero attached hydrogens (tertiary/aromatic N) is 1. The smallest absolute Gasteiger partial charge is 0.232 e. The third-order valence-electron chi connectivity index (χ3n) is 5.41. The van der Waals surface area contributed by atoms with E-state index in [1.807, 2.05) is 60.7 Å². The van der Waals surface area contributed by atoms with Crippen LogP contribution in [0.2, 0.25) is 0 Å². The molecule has 3 rings (SSSR count). The highest BCUT2D eigenvalue weighted by molar-refractivity contribution is 5.91. The molecule has 0 bridgehead atoms. The van der Waals surface area contributed by atoms with Gasteiger partial charge in [0.05, 0.1) is 0 Å². The summed E-state index contributed by atoms with van der Waals surface area (Å²) in [7, 11) is 0. The van der Waals surface area contributed by atoms with Crippen molar-refractivity contribution in [2.75, 3.05) is 13.1 Å². The van der Waals surface area contributed by atoms with E-state index in [-0.39, 0.29) is 11.8 Å². The van der Waals surface area contributed by atoms with E-state index in [9.17, 15) is 4.79 Å². The van der Waals surface area contributed by atoms with Gasteiger partial charge >= 0.3 is 0 Å². The molecule has 2 N–H and O–H groups in total. The van der Waals surface area contributed by atoms with E-state index in [0.717, 1.165) is 30.6 Å². The molecular formula is C21H26N2O. The number of carbonyl (C=O) groups excluding carboxylic acids is 1. The molecule has 3 heteroatoms. The summed E-state index contributed by atoms with van der Waals surface area (Å²) in [6.45, 7) is 6.32. The zero-order valence-electron chi connectivity index (χ0n) is 14.5. The van der Waals surface area contributed by atoms with Crippen LogP contribution in [0, 0.1) is 5.92 Å². The predicted octanol–water partition coefficient (Wildman–Crippen LogP) is 3.19. The fourth-order valence-corrected chi connectivity index (χ4v) is 4.14. The van der Waals surface area contributed by atoms with E-state index in [2.05, 4.69) is 18.7 Å².